The highest BCUT2D eigenvalue weighted by molar-refractivity contribution is 7.90. The van der Waals surface area contributed by atoms with Gasteiger partial charge >= 0.3 is 0 Å². The summed E-state index contributed by atoms with van der Waals surface area (Å²) in [4.78, 5) is 4.82. The third kappa shape index (κ3) is 5.06. The molecule has 4 rings (SSSR count). The molecule has 0 unspecified atom stereocenters. The molecule has 7 heteroatoms. The number of benzene rings is 2. The number of hydrogen-bond donors (Lipinski definition) is 3. The molecule has 1 aliphatic rings. The summed E-state index contributed by atoms with van der Waals surface area (Å²) in [6.07, 6.45) is 3.03. The smallest absolute Gasteiger partial charge is 0.175 e. The number of nitrogens with one attached hydrogen (secondary N) is 3. The summed E-state index contributed by atoms with van der Waals surface area (Å²) in [7, 11) is -3.18. The van der Waals surface area contributed by atoms with E-state index < -0.39 is 9.84 Å². The number of aromatic nitrogens is 1. The summed E-state index contributed by atoms with van der Waals surface area (Å²) in [5.41, 5.74) is 3.33. The molecule has 162 valence electrons. The number of sulfone groups is 1. The van der Waals surface area contributed by atoms with Gasteiger partial charge in [0.2, 0.25) is 0 Å². The Hall–Kier alpha value is -2.90. The Morgan fingerprint density at radius 1 is 1.03 bits per heavy atom. The van der Waals surface area contributed by atoms with Gasteiger partial charge in [0.15, 0.2) is 9.84 Å². The van der Waals surface area contributed by atoms with E-state index in [9.17, 15) is 8.42 Å². The monoisotopic (exact) mass is 436 g/mol. The van der Waals surface area contributed by atoms with E-state index in [1.165, 1.54) is 11.8 Å². The van der Waals surface area contributed by atoms with E-state index in [0.717, 1.165) is 30.2 Å². The maximum Gasteiger partial charge on any atom is 0.175 e. The van der Waals surface area contributed by atoms with Crippen molar-refractivity contribution in [3.63, 3.8) is 0 Å². The molecule has 0 saturated carbocycles. The zero-order chi connectivity index (χ0) is 21.8. The second-order valence-corrected chi connectivity index (χ2v) is 10.1. The van der Waals surface area contributed by atoms with E-state index in [1.54, 1.807) is 18.3 Å². The number of nitrogens with zero attached hydrogens (tertiary/aromatic N) is 1. The highest BCUT2D eigenvalue weighted by Gasteiger charge is 2.27. The lowest BCUT2D eigenvalue weighted by atomic mass is 9.95. The summed E-state index contributed by atoms with van der Waals surface area (Å²) in [5.74, 6) is 1.09. The van der Waals surface area contributed by atoms with Gasteiger partial charge < -0.3 is 16.0 Å². The molecule has 2 heterocycles. The van der Waals surface area contributed by atoms with E-state index >= 15 is 0 Å². The average Bonchev–Trinajstić information content (AvgIpc) is 2.79. The number of hydrogen-bond acceptors (Lipinski definition) is 6. The van der Waals surface area contributed by atoms with Gasteiger partial charge in [-0.15, -0.1) is 0 Å². The first-order chi connectivity index (χ1) is 14.9. The van der Waals surface area contributed by atoms with Gasteiger partial charge in [0, 0.05) is 25.5 Å². The van der Waals surface area contributed by atoms with Gasteiger partial charge in [-0.3, -0.25) is 0 Å². The highest BCUT2D eigenvalue weighted by Crippen LogP contribution is 2.29. The van der Waals surface area contributed by atoms with E-state index in [-0.39, 0.29) is 18.0 Å². The molecule has 31 heavy (non-hydrogen) atoms. The molecule has 3 N–H and O–H groups in total. The first-order valence-corrected chi connectivity index (χ1v) is 12.3. The first kappa shape index (κ1) is 21.3. The molecule has 2 aromatic carbocycles. The number of pyridine rings is 1. The summed E-state index contributed by atoms with van der Waals surface area (Å²) >= 11 is 0. The first-order valence-electron chi connectivity index (χ1n) is 10.5. The van der Waals surface area contributed by atoms with Crippen LogP contribution in [0.1, 0.15) is 30.0 Å². The molecular formula is C24H28N4O2S. The highest BCUT2D eigenvalue weighted by atomic mass is 32.2. The molecule has 1 aromatic heterocycles. The van der Waals surface area contributed by atoms with Crippen molar-refractivity contribution in [2.45, 2.75) is 29.8 Å². The molecule has 0 spiro atoms. The van der Waals surface area contributed by atoms with E-state index in [2.05, 4.69) is 52.1 Å². The van der Waals surface area contributed by atoms with Crippen LogP contribution in [0.3, 0.4) is 0 Å². The lowest BCUT2D eigenvalue weighted by molar-refractivity contribution is 0.453. The number of fused-ring (bicyclic) bond motifs is 1. The maximum atomic E-state index is 11.7. The fourth-order valence-electron chi connectivity index (χ4n) is 3.93. The summed E-state index contributed by atoms with van der Waals surface area (Å²) < 4.78 is 23.4. The number of rotatable bonds is 7. The van der Waals surface area contributed by atoms with Crippen molar-refractivity contribution >= 4 is 21.3 Å². The molecule has 0 fully saturated rings. The fraction of sp³-hybridized carbons (Fsp3) is 0.292. The Morgan fingerprint density at radius 2 is 1.77 bits per heavy atom. The topological polar surface area (TPSA) is 83.1 Å². The van der Waals surface area contributed by atoms with Crippen LogP contribution in [-0.4, -0.2) is 38.8 Å². The van der Waals surface area contributed by atoms with Crippen LogP contribution in [0.2, 0.25) is 0 Å². The van der Waals surface area contributed by atoms with Crippen molar-refractivity contribution in [2.75, 3.05) is 30.0 Å². The Labute approximate surface area is 184 Å². The SMILES string of the molecule is C[C@@H](CN[C@H](c1ccccc1)[C@H]1CNc2cccnc2N1)c1ccc(S(C)(=O)=O)cc1. The minimum atomic E-state index is -3.18. The lowest BCUT2D eigenvalue weighted by Crippen LogP contribution is -2.45. The predicted octanol–water partition coefficient (Wildman–Crippen LogP) is 3.83. The van der Waals surface area contributed by atoms with Crippen molar-refractivity contribution in [3.8, 4) is 0 Å². The van der Waals surface area contributed by atoms with Crippen LogP contribution in [-0.2, 0) is 9.84 Å². The van der Waals surface area contributed by atoms with Crippen molar-refractivity contribution in [1.82, 2.24) is 10.3 Å². The molecule has 6 nitrogen and oxygen atoms in total. The third-order valence-corrected chi connectivity index (χ3v) is 6.85. The van der Waals surface area contributed by atoms with Gasteiger partial charge in [0.25, 0.3) is 0 Å². The summed E-state index contributed by atoms with van der Waals surface area (Å²) in [5, 5.41) is 10.8. The van der Waals surface area contributed by atoms with Gasteiger partial charge in [-0.25, -0.2) is 13.4 Å². The second kappa shape index (κ2) is 9.08. The molecule has 0 radical (unpaired) electrons. The van der Waals surface area contributed by atoms with Crippen LogP contribution in [0.4, 0.5) is 11.5 Å². The molecule has 0 bridgehead atoms. The van der Waals surface area contributed by atoms with Crippen molar-refractivity contribution in [2.24, 2.45) is 0 Å². The number of anilines is 2. The minimum Gasteiger partial charge on any atom is -0.380 e. The molecule has 3 atom stereocenters. The zero-order valence-corrected chi connectivity index (χ0v) is 18.6. The van der Waals surface area contributed by atoms with Crippen LogP contribution >= 0.6 is 0 Å². The van der Waals surface area contributed by atoms with E-state index in [0.29, 0.717) is 4.90 Å². The molecule has 3 aromatic rings. The lowest BCUT2D eigenvalue weighted by Gasteiger charge is -2.35. The Morgan fingerprint density at radius 3 is 2.48 bits per heavy atom. The van der Waals surface area contributed by atoms with Gasteiger partial charge in [0.05, 0.1) is 22.7 Å². The third-order valence-electron chi connectivity index (χ3n) is 5.72. The van der Waals surface area contributed by atoms with Crippen LogP contribution < -0.4 is 16.0 Å². The van der Waals surface area contributed by atoms with Gasteiger partial charge in [-0.05, 0) is 41.3 Å². The molecule has 0 saturated heterocycles. The fourth-order valence-corrected chi connectivity index (χ4v) is 4.56. The van der Waals surface area contributed by atoms with Crippen molar-refractivity contribution in [1.29, 1.82) is 0 Å². The largest absolute Gasteiger partial charge is 0.380 e. The molecule has 1 aliphatic heterocycles. The van der Waals surface area contributed by atoms with Crippen molar-refractivity contribution in [3.05, 3.63) is 84.1 Å². The average molecular weight is 437 g/mol. The van der Waals surface area contributed by atoms with Crippen LogP contribution in [0.25, 0.3) is 0 Å². The van der Waals surface area contributed by atoms with Gasteiger partial charge in [-0.2, -0.15) is 0 Å². The second-order valence-electron chi connectivity index (χ2n) is 8.07. The standard InChI is InChI=1S/C24H28N4O2S/c1-17(18-10-12-20(13-11-18)31(2,29)30)15-27-23(19-7-4-3-5-8-19)22-16-26-21-9-6-14-25-24(21)28-22/h3-14,17,22-23,26-27H,15-16H2,1-2H3,(H,25,28)/t17-,22+,23+/m0/s1. The normalized spacial score (nSPS) is 17.7. The van der Waals surface area contributed by atoms with Crippen LogP contribution in [0, 0.1) is 0 Å². The predicted molar refractivity (Wildman–Crippen MR) is 125 cm³/mol. The van der Waals surface area contributed by atoms with Gasteiger partial charge in [-0.1, -0.05) is 49.4 Å². The minimum absolute atomic E-state index is 0.0848. The summed E-state index contributed by atoms with van der Waals surface area (Å²) in [6, 6.07) is 21.8. The van der Waals surface area contributed by atoms with Crippen LogP contribution in [0.5, 0.6) is 0 Å². The zero-order valence-electron chi connectivity index (χ0n) is 17.7. The van der Waals surface area contributed by atoms with E-state index in [4.69, 9.17) is 0 Å². The maximum absolute atomic E-state index is 11.7. The van der Waals surface area contributed by atoms with E-state index in [1.807, 2.05) is 30.3 Å². The Balaban J connectivity index is 1.49. The Kier molecular flexibility index (Phi) is 6.25. The molecular weight excluding hydrogens is 408 g/mol. The van der Waals surface area contributed by atoms with Crippen LogP contribution in [0.15, 0.2) is 77.8 Å². The van der Waals surface area contributed by atoms with Crippen molar-refractivity contribution < 1.29 is 8.42 Å². The van der Waals surface area contributed by atoms with Gasteiger partial charge in [0.1, 0.15) is 5.82 Å². The summed E-state index contributed by atoms with van der Waals surface area (Å²) in [6.45, 7) is 3.68. The quantitative estimate of drug-likeness (QED) is 0.522. The molecule has 0 aliphatic carbocycles. The Bertz CT molecular complexity index is 1120. The molecule has 0 amide bonds.